The maximum Gasteiger partial charge on any atom is 0.305 e. The highest BCUT2D eigenvalue weighted by Crippen LogP contribution is 2.16. The molecule has 0 aromatic heterocycles. The number of hydrogen-bond acceptors (Lipinski definition) is 5. The van der Waals surface area contributed by atoms with Crippen LogP contribution in [0.5, 0.6) is 0 Å². The van der Waals surface area contributed by atoms with Gasteiger partial charge in [0, 0.05) is 12.8 Å². The predicted molar refractivity (Wildman–Crippen MR) is 273 cm³/mol. The SMILES string of the molecule is CCCCCCCC/C=C\CCCCCCCCCCCC(=O)OCCCCC/C=C\C=C/CCCCCCCCC(=O)NC(CO)C(O)CCCCCCCCCCCCCC. The second kappa shape index (κ2) is 52.7. The van der Waals surface area contributed by atoms with E-state index in [0.717, 1.165) is 77.0 Å². The van der Waals surface area contributed by atoms with Crippen LogP contribution in [0.25, 0.3) is 0 Å². The number of allylic oxidation sites excluding steroid dienone is 6. The van der Waals surface area contributed by atoms with Crippen molar-refractivity contribution in [3.63, 3.8) is 0 Å². The maximum atomic E-state index is 12.4. The summed E-state index contributed by atoms with van der Waals surface area (Å²) in [6.45, 7) is 4.89. The van der Waals surface area contributed by atoms with Gasteiger partial charge in [0.2, 0.25) is 5.91 Å². The first kappa shape index (κ1) is 61.1. The summed E-state index contributed by atoms with van der Waals surface area (Å²) in [6.07, 6.45) is 64.1. The van der Waals surface area contributed by atoms with Gasteiger partial charge in [-0.2, -0.15) is 0 Å². The number of nitrogens with one attached hydrogen (secondary N) is 1. The fourth-order valence-electron chi connectivity index (χ4n) is 8.39. The molecule has 1 amide bonds. The van der Waals surface area contributed by atoms with Crippen LogP contribution in [0.15, 0.2) is 36.5 Å². The molecule has 0 aliphatic rings. The first-order valence-electron chi connectivity index (χ1n) is 27.8. The van der Waals surface area contributed by atoms with E-state index in [4.69, 9.17) is 4.74 Å². The Labute approximate surface area is 392 Å². The van der Waals surface area contributed by atoms with E-state index in [2.05, 4.69) is 55.6 Å². The summed E-state index contributed by atoms with van der Waals surface area (Å²) in [6, 6.07) is -0.557. The van der Waals surface area contributed by atoms with Crippen LogP contribution in [0.1, 0.15) is 290 Å². The maximum absolute atomic E-state index is 12.4. The largest absolute Gasteiger partial charge is 0.466 e. The van der Waals surface area contributed by atoms with Gasteiger partial charge in [0.05, 0.1) is 25.4 Å². The molecule has 0 saturated heterocycles. The lowest BCUT2D eigenvalue weighted by atomic mass is 10.0. The van der Waals surface area contributed by atoms with E-state index in [1.54, 1.807) is 0 Å². The molecule has 63 heavy (non-hydrogen) atoms. The molecule has 6 nitrogen and oxygen atoms in total. The second-order valence-corrected chi connectivity index (χ2v) is 18.9. The topological polar surface area (TPSA) is 95.9 Å². The zero-order valence-corrected chi connectivity index (χ0v) is 42.1. The average Bonchev–Trinajstić information content (AvgIpc) is 3.28. The Morgan fingerprint density at radius 3 is 1.22 bits per heavy atom. The molecule has 0 spiro atoms. The molecule has 0 heterocycles. The molecule has 0 aliphatic heterocycles. The molecule has 0 bridgehead atoms. The Morgan fingerprint density at radius 2 is 0.794 bits per heavy atom. The highest BCUT2D eigenvalue weighted by molar-refractivity contribution is 5.76. The van der Waals surface area contributed by atoms with Gasteiger partial charge in [-0.1, -0.05) is 230 Å². The van der Waals surface area contributed by atoms with Crippen molar-refractivity contribution in [2.24, 2.45) is 0 Å². The van der Waals surface area contributed by atoms with Crippen LogP contribution >= 0.6 is 0 Å². The number of ether oxygens (including phenoxy) is 1. The molecular weight excluding hydrogens is 779 g/mol. The molecule has 0 aromatic carbocycles. The van der Waals surface area contributed by atoms with E-state index < -0.39 is 12.1 Å². The third-order valence-corrected chi connectivity index (χ3v) is 12.7. The Bertz CT molecular complexity index is 1020. The smallest absolute Gasteiger partial charge is 0.305 e. The number of esters is 1. The molecule has 0 fully saturated rings. The second-order valence-electron chi connectivity index (χ2n) is 18.9. The Hall–Kier alpha value is -1.92. The standard InChI is InChI=1S/C57H107NO5/c1-3-5-7-9-11-13-15-17-18-19-20-21-24-27-31-35-39-43-47-51-57(62)63-52-48-44-40-36-32-28-25-22-23-26-30-34-38-42-46-50-56(61)58-54(53-59)55(60)49-45-41-37-33-29-16-14-12-10-8-6-4-2/h17-18,22,25,28,32,54-55,59-60H,3-16,19-21,23-24,26-27,29-31,33-53H2,1-2H3,(H,58,61)/b18-17-,25-22-,32-28-. The number of aliphatic hydroxyl groups is 2. The van der Waals surface area contributed by atoms with Crippen molar-refractivity contribution in [3.05, 3.63) is 36.5 Å². The minimum atomic E-state index is -0.678. The Balaban J connectivity index is 3.49. The molecule has 2 atom stereocenters. The average molecular weight is 886 g/mol. The van der Waals surface area contributed by atoms with Gasteiger partial charge in [0.25, 0.3) is 0 Å². The summed E-state index contributed by atoms with van der Waals surface area (Å²) in [7, 11) is 0. The summed E-state index contributed by atoms with van der Waals surface area (Å²) in [5.74, 6) is -0.0808. The molecule has 0 saturated carbocycles. The van der Waals surface area contributed by atoms with Crippen molar-refractivity contribution < 1.29 is 24.5 Å². The van der Waals surface area contributed by atoms with Crippen molar-refractivity contribution in [2.75, 3.05) is 13.2 Å². The van der Waals surface area contributed by atoms with Gasteiger partial charge in [-0.25, -0.2) is 0 Å². The number of hydrogen-bond donors (Lipinski definition) is 3. The fourth-order valence-corrected chi connectivity index (χ4v) is 8.39. The van der Waals surface area contributed by atoms with E-state index in [1.807, 2.05) is 0 Å². The van der Waals surface area contributed by atoms with Gasteiger partial charge >= 0.3 is 5.97 Å². The van der Waals surface area contributed by atoms with Crippen molar-refractivity contribution in [1.82, 2.24) is 5.32 Å². The van der Waals surface area contributed by atoms with Gasteiger partial charge in [-0.3, -0.25) is 9.59 Å². The lowest BCUT2D eigenvalue weighted by Gasteiger charge is -2.22. The summed E-state index contributed by atoms with van der Waals surface area (Å²) < 4.78 is 5.46. The molecule has 3 N–H and O–H groups in total. The van der Waals surface area contributed by atoms with Crippen LogP contribution in [-0.4, -0.2) is 47.4 Å². The molecule has 0 rings (SSSR count). The number of rotatable bonds is 51. The minimum absolute atomic E-state index is 0.0224. The third kappa shape index (κ3) is 49.4. The zero-order valence-electron chi connectivity index (χ0n) is 42.1. The minimum Gasteiger partial charge on any atom is -0.466 e. The predicted octanol–water partition coefficient (Wildman–Crippen LogP) is 16.9. The first-order valence-corrected chi connectivity index (χ1v) is 27.8. The normalized spacial score (nSPS) is 12.9. The van der Waals surface area contributed by atoms with Gasteiger partial charge in [0.15, 0.2) is 0 Å². The number of carbonyl (C=O) groups excluding carboxylic acids is 2. The lowest BCUT2D eigenvalue weighted by Crippen LogP contribution is -2.45. The molecule has 0 aromatic rings. The van der Waals surface area contributed by atoms with E-state index in [0.29, 0.717) is 25.9 Å². The van der Waals surface area contributed by atoms with Gasteiger partial charge in [-0.15, -0.1) is 0 Å². The fraction of sp³-hybridized carbons (Fsp3) is 0.860. The summed E-state index contributed by atoms with van der Waals surface area (Å²) >= 11 is 0. The first-order chi connectivity index (χ1) is 31.0. The van der Waals surface area contributed by atoms with E-state index in [-0.39, 0.29) is 18.5 Å². The number of unbranched alkanes of at least 4 members (excludes halogenated alkanes) is 35. The van der Waals surface area contributed by atoms with Crippen LogP contribution in [0, 0.1) is 0 Å². The van der Waals surface area contributed by atoms with Crippen LogP contribution in [0.2, 0.25) is 0 Å². The van der Waals surface area contributed by atoms with Crippen LogP contribution in [0.3, 0.4) is 0 Å². The van der Waals surface area contributed by atoms with Crippen molar-refractivity contribution in [3.8, 4) is 0 Å². The molecule has 0 radical (unpaired) electrons. The van der Waals surface area contributed by atoms with Crippen LogP contribution < -0.4 is 5.32 Å². The Kier molecular flexibility index (Phi) is 51.1. The molecule has 0 aliphatic carbocycles. The van der Waals surface area contributed by atoms with E-state index in [9.17, 15) is 19.8 Å². The Morgan fingerprint density at radius 1 is 0.444 bits per heavy atom. The molecule has 2 unspecified atom stereocenters. The number of aliphatic hydroxyl groups excluding tert-OH is 2. The van der Waals surface area contributed by atoms with Gasteiger partial charge in [-0.05, 0) is 83.5 Å². The summed E-state index contributed by atoms with van der Waals surface area (Å²) in [5, 5.41) is 23.2. The lowest BCUT2D eigenvalue weighted by molar-refractivity contribution is -0.143. The van der Waals surface area contributed by atoms with Gasteiger partial charge in [0.1, 0.15) is 0 Å². The van der Waals surface area contributed by atoms with E-state index in [1.165, 1.54) is 180 Å². The van der Waals surface area contributed by atoms with Crippen molar-refractivity contribution in [1.29, 1.82) is 0 Å². The van der Waals surface area contributed by atoms with Crippen molar-refractivity contribution >= 4 is 11.9 Å². The van der Waals surface area contributed by atoms with E-state index >= 15 is 0 Å². The van der Waals surface area contributed by atoms with Gasteiger partial charge < -0.3 is 20.3 Å². The summed E-state index contributed by atoms with van der Waals surface area (Å²) in [4.78, 5) is 24.5. The number of carbonyl (C=O) groups is 2. The molecule has 370 valence electrons. The quantitative estimate of drug-likeness (QED) is 0.0245. The zero-order chi connectivity index (χ0) is 45.8. The van der Waals surface area contributed by atoms with Crippen LogP contribution in [0.4, 0.5) is 0 Å². The highest BCUT2D eigenvalue weighted by Gasteiger charge is 2.20. The highest BCUT2D eigenvalue weighted by atomic mass is 16.5. The monoisotopic (exact) mass is 886 g/mol. The van der Waals surface area contributed by atoms with Crippen molar-refractivity contribution in [2.45, 2.75) is 302 Å². The van der Waals surface area contributed by atoms with Crippen LogP contribution in [-0.2, 0) is 14.3 Å². The molecule has 6 heteroatoms. The summed E-state index contributed by atoms with van der Waals surface area (Å²) in [5.41, 5.74) is 0. The third-order valence-electron chi connectivity index (χ3n) is 12.7. The molecular formula is C57H107NO5. The number of amides is 1.